The van der Waals surface area contributed by atoms with Crippen molar-refractivity contribution < 1.29 is 0 Å². The van der Waals surface area contributed by atoms with E-state index in [4.69, 9.17) is 23.2 Å². The van der Waals surface area contributed by atoms with Gasteiger partial charge in [-0.05, 0) is 30.3 Å². The fourth-order valence-corrected chi connectivity index (χ4v) is 3.00. The molecule has 5 heteroatoms. The van der Waals surface area contributed by atoms with Crippen LogP contribution in [0.5, 0.6) is 0 Å². The molecule has 0 aliphatic rings. The van der Waals surface area contributed by atoms with Gasteiger partial charge >= 0.3 is 0 Å². The van der Waals surface area contributed by atoms with Crippen LogP contribution in [0.15, 0.2) is 48.0 Å². The predicted molar refractivity (Wildman–Crippen MR) is 80.8 cm³/mol. The zero-order chi connectivity index (χ0) is 13.2. The molecule has 19 heavy (non-hydrogen) atoms. The van der Waals surface area contributed by atoms with E-state index in [0.717, 1.165) is 22.0 Å². The number of rotatable bonds is 2. The number of nitrogens with zero attached hydrogens (tertiary/aromatic N) is 2. The van der Waals surface area contributed by atoms with Gasteiger partial charge in [0.25, 0.3) is 0 Å². The van der Waals surface area contributed by atoms with Crippen molar-refractivity contribution in [1.29, 1.82) is 0 Å². The number of benzene rings is 1. The van der Waals surface area contributed by atoms with Crippen molar-refractivity contribution in [2.24, 2.45) is 0 Å². The zero-order valence-electron chi connectivity index (χ0n) is 9.68. The molecule has 0 radical (unpaired) electrons. The summed E-state index contributed by atoms with van der Waals surface area (Å²) in [5, 5.41) is 4.07. The molecule has 2 nitrogen and oxygen atoms in total. The summed E-state index contributed by atoms with van der Waals surface area (Å²) in [4.78, 5) is 8.86. The molecule has 3 aromatic rings. The first-order chi connectivity index (χ1) is 9.24. The lowest BCUT2D eigenvalue weighted by Crippen LogP contribution is -1.83. The van der Waals surface area contributed by atoms with Crippen molar-refractivity contribution in [3.05, 3.63) is 58.0 Å². The van der Waals surface area contributed by atoms with E-state index in [2.05, 4.69) is 9.97 Å². The van der Waals surface area contributed by atoms with Crippen LogP contribution in [0.1, 0.15) is 0 Å². The Morgan fingerprint density at radius 2 is 1.89 bits per heavy atom. The maximum atomic E-state index is 6.18. The summed E-state index contributed by atoms with van der Waals surface area (Å²) in [5.74, 6) is 0. The van der Waals surface area contributed by atoms with E-state index < -0.39 is 0 Å². The van der Waals surface area contributed by atoms with Gasteiger partial charge in [-0.2, -0.15) is 0 Å². The van der Waals surface area contributed by atoms with Crippen LogP contribution in [0.25, 0.3) is 22.0 Å². The Balaban J connectivity index is 2.02. The standard InChI is InChI=1S/C14H8Cl2N2S/c15-9-4-5-10(11(16)7-9)13-8-19-14(18-13)12-3-1-2-6-17-12/h1-8H. The second-order valence-corrected chi connectivity index (χ2v) is 5.58. The molecular formula is C14H8Cl2N2S. The van der Waals surface area contributed by atoms with Gasteiger partial charge < -0.3 is 0 Å². The molecule has 0 saturated heterocycles. The van der Waals surface area contributed by atoms with Crippen molar-refractivity contribution in [2.45, 2.75) is 0 Å². The van der Waals surface area contributed by atoms with Gasteiger partial charge in [0.1, 0.15) is 5.01 Å². The summed E-state index contributed by atoms with van der Waals surface area (Å²) in [7, 11) is 0. The van der Waals surface area contributed by atoms with Crippen LogP contribution in [0.4, 0.5) is 0 Å². The second kappa shape index (κ2) is 5.29. The minimum atomic E-state index is 0.602. The van der Waals surface area contributed by atoms with E-state index >= 15 is 0 Å². The number of aromatic nitrogens is 2. The second-order valence-electron chi connectivity index (χ2n) is 3.88. The molecule has 0 bridgehead atoms. The molecule has 0 fully saturated rings. The molecule has 2 aromatic heterocycles. The Morgan fingerprint density at radius 3 is 2.63 bits per heavy atom. The molecule has 0 amide bonds. The fraction of sp³-hybridized carbons (Fsp3) is 0. The van der Waals surface area contributed by atoms with Crippen molar-refractivity contribution >= 4 is 34.5 Å². The predicted octanol–water partition coefficient (Wildman–Crippen LogP) is 5.18. The smallest absolute Gasteiger partial charge is 0.142 e. The molecule has 0 unspecified atom stereocenters. The van der Waals surface area contributed by atoms with Crippen LogP contribution in [0, 0.1) is 0 Å². The third kappa shape index (κ3) is 2.63. The third-order valence-corrected chi connectivity index (χ3v) is 4.01. The number of thiazole rings is 1. The summed E-state index contributed by atoms with van der Waals surface area (Å²) in [6.07, 6.45) is 1.76. The van der Waals surface area contributed by atoms with Crippen molar-refractivity contribution in [2.75, 3.05) is 0 Å². The Morgan fingerprint density at radius 1 is 1.00 bits per heavy atom. The minimum absolute atomic E-state index is 0.602. The average molecular weight is 307 g/mol. The Hall–Kier alpha value is -1.42. The molecule has 0 spiro atoms. The van der Waals surface area contributed by atoms with E-state index in [1.165, 1.54) is 0 Å². The number of pyridine rings is 1. The highest BCUT2D eigenvalue weighted by atomic mass is 35.5. The molecule has 0 N–H and O–H groups in total. The summed E-state index contributed by atoms with van der Waals surface area (Å²) < 4.78 is 0. The van der Waals surface area contributed by atoms with E-state index in [1.54, 1.807) is 23.6 Å². The van der Waals surface area contributed by atoms with Gasteiger partial charge in [-0.15, -0.1) is 11.3 Å². The van der Waals surface area contributed by atoms with Crippen LogP contribution in [-0.4, -0.2) is 9.97 Å². The fourth-order valence-electron chi connectivity index (χ4n) is 1.70. The van der Waals surface area contributed by atoms with Gasteiger partial charge in [-0.1, -0.05) is 29.3 Å². The normalized spacial score (nSPS) is 10.6. The molecule has 94 valence electrons. The number of hydrogen-bond donors (Lipinski definition) is 0. The molecule has 0 aliphatic carbocycles. The van der Waals surface area contributed by atoms with E-state index in [9.17, 15) is 0 Å². The summed E-state index contributed by atoms with van der Waals surface area (Å²) in [5.41, 5.74) is 2.58. The monoisotopic (exact) mass is 306 g/mol. The lowest BCUT2D eigenvalue weighted by molar-refractivity contribution is 1.29. The largest absolute Gasteiger partial charge is 0.254 e. The molecule has 0 atom stereocenters. The minimum Gasteiger partial charge on any atom is -0.254 e. The molecule has 3 rings (SSSR count). The van der Waals surface area contributed by atoms with Gasteiger partial charge in [0.2, 0.25) is 0 Å². The average Bonchev–Trinajstić information content (AvgIpc) is 2.89. The van der Waals surface area contributed by atoms with E-state index in [1.807, 2.05) is 35.7 Å². The summed E-state index contributed by atoms with van der Waals surface area (Å²) in [6.45, 7) is 0. The van der Waals surface area contributed by atoms with E-state index in [0.29, 0.717) is 10.0 Å². The van der Waals surface area contributed by atoms with Gasteiger partial charge in [0.15, 0.2) is 0 Å². The highest BCUT2D eigenvalue weighted by Gasteiger charge is 2.10. The van der Waals surface area contributed by atoms with Crippen molar-refractivity contribution in [3.8, 4) is 22.0 Å². The van der Waals surface area contributed by atoms with Crippen molar-refractivity contribution in [1.82, 2.24) is 9.97 Å². The lowest BCUT2D eigenvalue weighted by Gasteiger charge is -2.00. The summed E-state index contributed by atoms with van der Waals surface area (Å²) in [6, 6.07) is 11.2. The highest BCUT2D eigenvalue weighted by Crippen LogP contribution is 2.33. The van der Waals surface area contributed by atoms with Crippen LogP contribution in [0.3, 0.4) is 0 Å². The van der Waals surface area contributed by atoms with Crippen LogP contribution >= 0.6 is 34.5 Å². The maximum absolute atomic E-state index is 6.18. The first-order valence-corrected chi connectivity index (χ1v) is 7.20. The van der Waals surface area contributed by atoms with Gasteiger partial charge in [0.05, 0.1) is 16.4 Å². The third-order valence-electron chi connectivity index (χ3n) is 2.60. The van der Waals surface area contributed by atoms with Crippen LogP contribution < -0.4 is 0 Å². The first-order valence-electron chi connectivity index (χ1n) is 5.56. The van der Waals surface area contributed by atoms with Crippen molar-refractivity contribution in [3.63, 3.8) is 0 Å². The molecule has 0 aliphatic heterocycles. The Bertz CT molecular complexity index is 710. The number of hydrogen-bond acceptors (Lipinski definition) is 3. The van der Waals surface area contributed by atoms with E-state index in [-0.39, 0.29) is 0 Å². The quantitative estimate of drug-likeness (QED) is 0.652. The van der Waals surface area contributed by atoms with Crippen LogP contribution in [-0.2, 0) is 0 Å². The topological polar surface area (TPSA) is 25.8 Å². The van der Waals surface area contributed by atoms with Gasteiger partial charge in [-0.3, -0.25) is 4.98 Å². The Kier molecular flexibility index (Phi) is 3.51. The highest BCUT2D eigenvalue weighted by molar-refractivity contribution is 7.13. The molecule has 0 saturated carbocycles. The SMILES string of the molecule is Clc1ccc(-c2csc(-c3ccccn3)n2)c(Cl)c1. The first kappa shape index (κ1) is 12.6. The van der Waals surface area contributed by atoms with Crippen LogP contribution in [0.2, 0.25) is 10.0 Å². The Labute approximate surface area is 124 Å². The van der Waals surface area contributed by atoms with Gasteiger partial charge in [-0.25, -0.2) is 4.98 Å². The maximum Gasteiger partial charge on any atom is 0.142 e. The zero-order valence-corrected chi connectivity index (χ0v) is 12.0. The molecule has 1 aromatic carbocycles. The lowest BCUT2D eigenvalue weighted by atomic mass is 10.2. The molecule has 2 heterocycles. The molecular weight excluding hydrogens is 299 g/mol. The summed E-state index contributed by atoms with van der Waals surface area (Å²) >= 11 is 13.6. The van der Waals surface area contributed by atoms with Gasteiger partial charge in [0, 0.05) is 22.2 Å². The number of halogens is 2.